The second-order valence-corrected chi connectivity index (χ2v) is 15.2. The van der Waals surface area contributed by atoms with Crippen molar-refractivity contribution in [1.82, 2.24) is 19.9 Å². The number of alkyl halides is 2. The van der Waals surface area contributed by atoms with Crippen molar-refractivity contribution in [3.8, 4) is 22.9 Å². The molecule has 4 aromatic rings. The van der Waals surface area contributed by atoms with E-state index in [1.165, 1.54) is 47.6 Å². The number of anilines is 2. The zero-order valence-corrected chi connectivity index (χ0v) is 28.4. The number of rotatable bonds is 9. The first-order valence-corrected chi connectivity index (χ1v) is 17.4. The first kappa shape index (κ1) is 35.8. The van der Waals surface area contributed by atoms with Crippen LogP contribution in [-0.4, -0.2) is 65.0 Å². The first-order valence-electron chi connectivity index (χ1n) is 15.7. The molecule has 1 saturated heterocycles. The number of likely N-dealkylation sites (tertiary alicyclic amines) is 1. The number of hydrogen-bond acceptors (Lipinski definition) is 9. The van der Waals surface area contributed by atoms with Crippen molar-refractivity contribution in [2.24, 2.45) is 5.41 Å². The van der Waals surface area contributed by atoms with E-state index in [4.69, 9.17) is 9.47 Å². The molecule has 0 bridgehead atoms. The van der Waals surface area contributed by atoms with Crippen molar-refractivity contribution in [3.05, 3.63) is 90.0 Å². The van der Waals surface area contributed by atoms with Gasteiger partial charge in [0.25, 0.3) is 5.92 Å². The quantitative estimate of drug-likeness (QED) is 0.136. The molecule has 1 aliphatic carbocycles. The molecule has 2 atom stereocenters. The largest absolute Gasteiger partial charge is 0.444 e. The van der Waals surface area contributed by atoms with Crippen LogP contribution in [0.25, 0.3) is 11.3 Å². The van der Waals surface area contributed by atoms with Crippen molar-refractivity contribution in [2.75, 3.05) is 23.1 Å². The normalized spacial score (nSPS) is 19.8. The van der Waals surface area contributed by atoms with E-state index in [2.05, 4.69) is 20.3 Å². The van der Waals surface area contributed by atoms with Gasteiger partial charge in [-0.05, 0) is 51.0 Å². The minimum absolute atomic E-state index is 0.00728. The fourth-order valence-electron chi connectivity index (χ4n) is 5.89. The van der Waals surface area contributed by atoms with Gasteiger partial charge in [-0.1, -0.05) is 30.3 Å². The van der Waals surface area contributed by atoms with E-state index < -0.39 is 73.7 Å². The Morgan fingerprint density at radius 1 is 1.02 bits per heavy atom. The maximum Gasteiger partial charge on any atom is 0.410 e. The number of piperidine rings is 1. The second kappa shape index (κ2) is 13.2. The van der Waals surface area contributed by atoms with Crippen molar-refractivity contribution in [3.63, 3.8) is 0 Å². The summed E-state index contributed by atoms with van der Waals surface area (Å²) in [7, 11) is -4.34. The summed E-state index contributed by atoms with van der Waals surface area (Å²) in [6.07, 6.45) is 1.56. The number of carbonyl (C=O) groups excluding carboxylic acids is 1. The number of hydrogen-bond donors (Lipinski definition) is 2. The van der Waals surface area contributed by atoms with Gasteiger partial charge in [-0.15, -0.1) is 0 Å². The van der Waals surface area contributed by atoms with Gasteiger partial charge < -0.3 is 19.7 Å². The number of halogens is 5. The molecule has 2 fully saturated rings. The molecular weight excluding hydrogens is 699 g/mol. The van der Waals surface area contributed by atoms with Gasteiger partial charge in [0, 0.05) is 44.0 Å². The molecule has 2 N–H and O–H groups in total. The van der Waals surface area contributed by atoms with Gasteiger partial charge in [0.2, 0.25) is 27.7 Å². The summed E-state index contributed by atoms with van der Waals surface area (Å²) in [6, 6.07) is 12.1. The van der Waals surface area contributed by atoms with Gasteiger partial charge in [-0.25, -0.2) is 45.7 Å². The van der Waals surface area contributed by atoms with Crippen LogP contribution >= 0.6 is 0 Å². The minimum atomic E-state index is -4.34. The van der Waals surface area contributed by atoms with Gasteiger partial charge in [0.1, 0.15) is 11.3 Å². The maximum atomic E-state index is 15.2. The fraction of sp³-hybridized carbons (Fsp3) is 0.353. The summed E-state index contributed by atoms with van der Waals surface area (Å²) in [4.78, 5) is 26.8. The van der Waals surface area contributed by atoms with E-state index in [0.29, 0.717) is 11.6 Å². The first-order chi connectivity index (χ1) is 23.9. The molecule has 1 saturated carbocycles. The van der Waals surface area contributed by atoms with E-state index >= 15 is 13.2 Å². The Kier molecular flexibility index (Phi) is 9.29. The van der Waals surface area contributed by atoms with Crippen LogP contribution in [0.5, 0.6) is 11.6 Å². The van der Waals surface area contributed by atoms with Gasteiger partial charge in [-0.3, -0.25) is 4.72 Å². The molecule has 17 heteroatoms. The lowest BCUT2D eigenvalue weighted by Crippen LogP contribution is -2.52. The number of aromatic nitrogens is 3. The minimum Gasteiger partial charge on any atom is -0.444 e. The van der Waals surface area contributed by atoms with Crippen LogP contribution in [0.15, 0.2) is 67.0 Å². The standard InChI is InChI=1S/C34H33F5N6O5S/c1-32(2,3)50-31(46)45-16-21(15-33(19-45)18-34(33,38)39)42-30-41-13-11-24(43-30)22-10-7-12-40-29(22)49-25-14-23(35)28(27(37)26(25)36)44-51(47,48)17-20-8-5-4-6-9-20/h4-14,21,44H,15-19H2,1-3H3,(H,41,42,43). The van der Waals surface area contributed by atoms with Gasteiger partial charge in [0.05, 0.1) is 22.4 Å². The summed E-state index contributed by atoms with van der Waals surface area (Å²) in [5.74, 6) is -9.78. The van der Waals surface area contributed by atoms with E-state index in [-0.39, 0.29) is 49.0 Å². The fourth-order valence-corrected chi connectivity index (χ4v) is 7.09. The average molecular weight is 733 g/mol. The number of pyridine rings is 1. The Bertz CT molecular complexity index is 2070. The number of ether oxygens (including phenoxy) is 2. The third kappa shape index (κ3) is 7.97. The molecule has 1 aliphatic heterocycles. The number of benzene rings is 2. The third-order valence-corrected chi connectivity index (χ3v) is 9.49. The van der Waals surface area contributed by atoms with Crippen LogP contribution in [0.4, 0.5) is 38.4 Å². The Balaban J connectivity index is 1.21. The lowest BCUT2D eigenvalue weighted by molar-refractivity contribution is -0.00702. The predicted molar refractivity (Wildman–Crippen MR) is 176 cm³/mol. The molecule has 11 nitrogen and oxygen atoms in total. The third-order valence-electron chi connectivity index (χ3n) is 8.26. The molecule has 3 heterocycles. The SMILES string of the molecule is CC(C)(C)OC(=O)N1CC(Nc2nccc(-c3cccnc3Oc3cc(F)c(NS(=O)(=O)Cc4ccccc4)c(F)c3F)n2)CC2(C1)CC2(F)F. The highest BCUT2D eigenvalue weighted by atomic mass is 32.2. The second-order valence-electron chi connectivity index (χ2n) is 13.5. The van der Waals surface area contributed by atoms with Crippen LogP contribution < -0.4 is 14.8 Å². The summed E-state index contributed by atoms with van der Waals surface area (Å²) >= 11 is 0. The zero-order valence-electron chi connectivity index (χ0n) is 27.6. The van der Waals surface area contributed by atoms with Crippen LogP contribution in [0.1, 0.15) is 39.2 Å². The topological polar surface area (TPSA) is 136 Å². The summed E-state index contributed by atoms with van der Waals surface area (Å²) < 4.78 is 112. The highest BCUT2D eigenvalue weighted by Crippen LogP contribution is 2.64. The summed E-state index contributed by atoms with van der Waals surface area (Å²) in [5, 5.41) is 3.02. The maximum absolute atomic E-state index is 15.2. The van der Waals surface area contributed by atoms with Crippen LogP contribution in [-0.2, 0) is 20.5 Å². The van der Waals surface area contributed by atoms with E-state index in [1.807, 2.05) is 0 Å². The Labute approximate surface area is 290 Å². The lowest BCUT2D eigenvalue weighted by atomic mass is 9.91. The molecule has 2 aliphatic rings. The summed E-state index contributed by atoms with van der Waals surface area (Å²) in [6.45, 7) is 4.90. The summed E-state index contributed by atoms with van der Waals surface area (Å²) in [5.41, 5.74) is -2.84. The highest BCUT2D eigenvalue weighted by Gasteiger charge is 2.73. The average Bonchev–Trinajstić information content (AvgIpc) is 3.58. The molecule has 1 spiro atoms. The van der Waals surface area contributed by atoms with Crippen molar-refractivity contribution < 1.29 is 44.6 Å². The van der Waals surface area contributed by atoms with E-state index in [1.54, 1.807) is 43.7 Å². The van der Waals surface area contributed by atoms with E-state index in [0.717, 1.165) is 0 Å². The molecule has 51 heavy (non-hydrogen) atoms. The van der Waals surface area contributed by atoms with Gasteiger partial charge in [-0.2, -0.15) is 4.39 Å². The van der Waals surface area contributed by atoms with Crippen LogP contribution in [0.3, 0.4) is 0 Å². The molecule has 1 amide bonds. The number of nitrogens with one attached hydrogen (secondary N) is 2. The highest BCUT2D eigenvalue weighted by molar-refractivity contribution is 7.91. The van der Waals surface area contributed by atoms with Crippen LogP contribution in [0.2, 0.25) is 0 Å². The Morgan fingerprint density at radius 2 is 1.75 bits per heavy atom. The smallest absolute Gasteiger partial charge is 0.410 e. The number of nitrogens with zero attached hydrogens (tertiary/aromatic N) is 4. The van der Waals surface area contributed by atoms with Crippen molar-refractivity contribution in [2.45, 2.75) is 56.9 Å². The molecule has 2 unspecified atom stereocenters. The predicted octanol–water partition coefficient (Wildman–Crippen LogP) is 7.14. The number of amides is 1. The van der Waals surface area contributed by atoms with E-state index in [9.17, 15) is 22.0 Å². The zero-order chi connectivity index (χ0) is 36.8. The number of sulfonamides is 1. The van der Waals surface area contributed by atoms with Gasteiger partial charge in [0.15, 0.2) is 17.4 Å². The molecule has 6 rings (SSSR count). The Morgan fingerprint density at radius 3 is 2.43 bits per heavy atom. The van der Waals surface area contributed by atoms with Crippen molar-refractivity contribution in [1.29, 1.82) is 0 Å². The lowest BCUT2D eigenvalue weighted by Gasteiger charge is -2.39. The molecular formula is C34H33F5N6O5S. The Hall–Kier alpha value is -5.06. The number of carbonyl (C=O) groups is 1. The van der Waals surface area contributed by atoms with Gasteiger partial charge >= 0.3 is 6.09 Å². The molecule has 270 valence electrons. The monoisotopic (exact) mass is 732 g/mol. The molecule has 2 aromatic heterocycles. The van der Waals surface area contributed by atoms with Crippen molar-refractivity contribution >= 4 is 27.8 Å². The van der Waals surface area contributed by atoms with Crippen LogP contribution in [0, 0.1) is 22.9 Å². The molecule has 0 radical (unpaired) electrons. The molecule has 2 aromatic carbocycles.